The number of carbonyl (C=O) groups is 1. The molecule has 0 spiro atoms. The lowest BCUT2D eigenvalue weighted by Gasteiger charge is -2.18. The normalized spacial score (nSPS) is 25.8. The third-order valence-corrected chi connectivity index (χ3v) is 3.78. The summed E-state index contributed by atoms with van der Waals surface area (Å²) in [5, 5.41) is 0. The van der Waals surface area contributed by atoms with Gasteiger partial charge < -0.3 is 9.64 Å². The van der Waals surface area contributed by atoms with Crippen LogP contribution in [0.5, 0.6) is 0 Å². The van der Waals surface area contributed by atoms with Crippen molar-refractivity contribution in [1.82, 2.24) is 4.90 Å². The summed E-state index contributed by atoms with van der Waals surface area (Å²) < 4.78 is 5.80. The summed E-state index contributed by atoms with van der Waals surface area (Å²) >= 11 is 0. The van der Waals surface area contributed by atoms with Crippen molar-refractivity contribution in [2.75, 3.05) is 13.1 Å². The molecule has 3 heteroatoms. The molecule has 2 rings (SSSR count). The highest BCUT2D eigenvalue weighted by atomic mass is 16.6. The zero-order chi connectivity index (χ0) is 13.2. The third-order valence-electron chi connectivity index (χ3n) is 3.78. The van der Waals surface area contributed by atoms with E-state index >= 15 is 0 Å². The Labute approximate surface area is 109 Å². The molecule has 1 aromatic rings. The molecule has 0 unspecified atom stereocenters. The van der Waals surface area contributed by atoms with Gasteiger partial charge in [-0.15, -0.1) is 0 Å². The lowest BCUT2D eigenvalue weighted by molar-refractivity contribution is -0.132. The Morgan fingerprint density at radius 3 is 2.33 bits per heavy atom. The van der Waals surface area contributed by atoms with Crippen molar-refractivity contribution in [2.24, 2.45) is 0 Å². The van der Waals surface area contributed by atoms with Crippen molar-refractivity contribution < 1.29 is 9.53 Å². The second-order valence-corrected chi connectivity index (χ2v) is 4.62. The van der Waals surface area contributed by atoms with Crippen molar-refractivity contribution in [3.8, 4) is 0 Å². The van der Waals surface area contributed by atoms with E-state index in [2.05, 4.69) is 6.92 Å². The molecule has 0 N–H and O–H groups in total. The molecule has 1 aromatic carbocycles. The molecular weight excluding hydrogens is 226 g/mol. The molecule has 1 aliphatic rings. The zero-order valence-electron chi connectivity index (χ0n) is 11.3. The van der Waals surface area contributed by atoms with Crippen LogP contribution in [0.15, 0.2) is 30.3 Å². The molecule has 1 heterocycles. The molecule has 98 valence electrons. The summed E-state index contributed by atoms with van der Waals surface area (Å²) in [7, 11) is 0. The molecular formula is C15H21NO2. The van der Waals surface area contributed by atoms with Crippen LogP contribution in [0.3, 0.4) is 0 Å². The van der Waals surface area contributed by atoms with Gasteiger partial charge in [0, 0.05) is 13.1 Å². The van der Waals surface area contributed by atoms with E-state index in [1.807, 2.05) is 49.1 Å². The van der Waals surface area contributed by atoms with Crippen LogP contribution in [0.1, 0.15) is 32.8 Å². The fourth-order valence-corrected chi connectivity index (χ4v) is 2.54. The summed E-state index contributed by atoms with van der Waals surface area (Å²) in [5.41, 5.74) is 0.721. The maximum atomic E-state index is 12.3. The van der Waals surface area contributed by atoms with Gasteiger partial charge in [0.1, 0.15) is 5.60 Å². The minimum atomic E-state index is -0.388. The van der Waals surface area contributed by atoms with E-state index in [0.717, 1.165) is 25.1 Å². The number of epoxide rings is 1. The summed E-state index contributed by atoms with van der Waals surface area (Å²) in [5.74, 6) is 0.116. The lowest BCUT2D eigenvalue weighted by Crippen LogP contribution is -2.36. The van der Waals surface area contributed by atoms with E-state index in [4.69, 9.17) is 4.74 Å². The largest absolute Gasteiger partial charge is 0.350 e. The van der Waals surface area contributed by atoms with E-state index < -0.39 is 0 Å². The van der Waals surface area contributed by atoms with E-state index in [1.54, 1.807) is 0 Å². The van der Waals surface area contributed by atoms with E-state index in [1.165, 1.54) is 0 Å². The van der Waals surface area contributed by atoms with Gasteiger partial charge in [-0.2, -0.15) is 0 Å². The highest BCUT2D eigenvalue weighted by Gasteiger charge is 2.61. The molecule has 0 aromatic heterocycles. The van der Waals surface area contributed by atoms with Crippen LogP contribution < -0.4 is 0 Å². The predicted octanol–water partition coefficient (Wildman–Crippen LogP) is 2.56. The Kier molecular flexibility index (Phi) is 3.71. The van der Waals surface area contributed by atoms with Crippen LogP contribution in [0, 0.1) is 0 Å². The number of benzene rings is 1. The van der Waals surface area contributed by atoms with Gasteiger partial charge in [-0.3, -0.25) is 4.79 Å². The quantitative estimate of drug-likeness (QED) is 0.749. The van der Waals surface area contributed by atoms with Crippen LogP contribution in [0.2, 0.25) is 0 Å². The summed E-state index contributed by atoms with van der Waals surface area (Å²) in [6.07, 6.45) is 0.527. The van der Waals surface area contributed by atoms with Gasteiger partial charge in [-0.1, -0.05) is 37.3 Å². The average molecular weight is 247 g/mol. The first-order chi connectivity index (χ1) is 8.69. The van der Waals surface area contributed by atoms with Crippen molar-refractivity contribution in [1.29, 1.82) is 0 Å². The van der Waals surface area contributed by atoms with Gasteiger partial charge in [-0.05, 0) is 25.8 Å². The number of carbonyl (C=O) groups excluding carboxylic acids is 1. The first-order valence-corrected chi connectivity index (χ1v) is 6.71. The van der Waals surface area contributed by atoms with Crippen molar-refractivity contribution in [3.05, 3.63) is 35.9 Å². The number of ether oxygens (including phenoxy) is 1. The Bertz CT molecular complexity index is 414. The Hall–Kier alpha value is -1.35. The second-order valence-electron chi connectivity index (χ2n) is 4.62. The van der Waals surface area contributed by atoms with E-state index in [0.29, 0.717) is 0 Å². The molecule has 0 bridgehead atoms. The first kappa shape index (κ1) is 13.1. The fraction of sp³-hybridized carbons (Fsp3) is 0.533. The summed E-state index contributed by atoms with van der Waals surface area (Å²) in [6, 6.07) is 10.1. The van der Waals surface area contributed by atoms with Crippen LogP contribution in [-0.4, -0.2) is 30.0 Å². The molecule has 0 saturated carbocycles. The smallest absolute Gasteiger partial charge is 0.255 e. The first-order valence-electron chi connectivity index (χ1n) is 6.71. The molecule has 1 fully saturated rings. The number of hydrogen-bond acceptors (Lipinski definition) is 2. The van der Waals surface area contributed by atoms with Crippen LogP contribution in [0.4, 0.5) is 0 Å². The molecule has 1 saturated heterocycles. The monoisotopic (exact) mass is 247 g/mol. The van der Waals surface area contributed by atoms with E-state index in [-0.39, 0.29) is 17.6 Å². The number of rotatable bonds is 5. The Morgan fingerprint density at radius 2 is 1.83 bits per heavy atom. The standard InChI is InChI=1S/C15H21NO2/c1-4-15(12-10-8-7-9-11-12)13(18-15)14(17)16(5-2)6-3/h7-11,13H,4-6H2,1-3H3/t13-,15-/m1/s1. The van der Waals surface area contributed by atoms with Crippen LogP contribution in [0.25, 0.3) is 0 Å². The molecule has 18 heavy (non-hydrogen) atoms. The minimum Gasteiger partial charge on any atom is -0.350 e. The molecule has 3 nitrogen and oxygen atoms in total. The van der Waals surface area contributed by atoms with Crippen molar-refractivity contribution in [3.63, 3.8) is 0 Å². The average Bonchev–Trinajstić information content (AvgIpc) is 3.17. The Balaban J connectivity index is 2.18. The fourth-order valence-electron chi connectivity index (χ4n) is 2.54. The molecule has 1 aliphatic heterocycles. The van der Waals surface area contributed by atoms with Crippen LogP contribution >= 0.6 is 0 Å². The molecule has 0 aliphatic carbocycles. The Morgan fingerprint density at radius 1 is 1.22 bits per heavy atom. The maximum absolute atomic E-state index is 12.3. The molecule has 0 radical (unpaired) electrons. The number of hydrogen-bond donors (Lipinski definition) is 0. The highest BCUT2D eigenvalue weighted by molar-refractivity contribution is 5.85. The number of nitrogens with zero attached hydrogens (tertiary/aromatic N) is 1. The summed E-state index contributed by atoms with van der Waals surface area (Å²) in [6.45, 7) is 7.55. The zero-order valence-corrected chi connectivity index (χ0v) is 11.3. The van der Waals surface area contributed by atoms with Gasteiger partial charge in [0.15, 0.2) is 6.10 Å². The molecule has 2 atom stereocenters. The van der Waals surface area contributed by atoms with Gasteiger partial charge >= 0.3 is 0 Å². The number of amides is 1. The van der Waals surface area contributed by atoms with Gasteiger partial charge in [-0.25, -0.2) is 0 Å². The maximum Gasteiger partial charge on any atom is 0.255 e. The van der Waals surface area contributed by atoms with Gasteiger partial charge in [0.25, 0.3) is 5.91 Å². The number of likely N-dealkylation sites (N-methyl/N-ethyl adjacent to an activating group) is 1. The molecule has 1 amide bonds. The third kappa shape index (κ3) is 2.03. The van der Waals surface area contributed by atoms with Crippen molar-refractivity contribution >= 4 is 5.91 Å². The summed E-state index contributed by atoms with van der Waals surface area (Å²) in [4.78, 5) is 14.2. The lowest BCUT2D eigenvalue weighted by atomic mass is 9.92. The minimum absolute atomic E-state index is 0.116. The van der Waals surface area contributed by atoms with Gasteiger partial charge in [0.05, 0.1) is 0 Å². The highest BCUT2D eigenvalue weighted by Crippen LogP contribution is 2.49. The van der Waals surface area contributed by atoms with Crippen molar-refractivity contribution in [2.45, 2.75) is 38.9 Å². The predicted molar refractivity (Wildman–Crippen MR) is 71.2 cm³/mol. The van der Waals surface area contributed by atoms with Gasteiger partial charge in [0.2, 0.25) is 0 Å². The topological polar surface area (TPSA) is 32.8 Å². The second kappa shape index (κ2) is 5.11. The van der Waals surface area contributed by atoms with E-state index in [9.17, 15) is 4.79 Å². The SMILES string of the molecule is CCN(CC)C(=O)[C@H]1O[C@]1(CC)c1ccccc1. The van der Waals surface area contributed by atoms with Crippen LogP contribution in [-0.2, 0) is 15.1 Å².